The molecule has 1 amide bonds. The predicted octanol–water partition coefficient (Wildman–Crippen LogP) is 4.32. The van der Waals surface area contributed by atoms with E-state index in [4.69, 9.17) is 10.5 Å². The number of methoxy groups -OCH3 is 1. The van der Waals surface area contributed by atoms with Crippen LogP contribution in [0.1, 0.15) is 97.3 Å². The quantitative estimate of drug-likeness (QED) is 0.258. The van der Waals surface area contributed by atoms with Crippen LogP contribution in [0.15, 0.2) is 42.5 Å². The lowest BCUT2D eigenvalue weighted by molar-refractivity contribution is 0.00680. The van der Waals surface area contributed by atoms with Crippen molar-refractivity contribution in [3.05, 3.63) is 99.0 Å². The van der Waals surface area contributed by atoms with Crippen LogP contribution in [0.25, 0.3) is 5.65 Å². The lowest BCUT2D eigenvalue weighted by Gasteiger charge is -2.21. The number of carboxylic acids is 1. The van der Waals surface area contributed by atoms with Crippen molar-refractivity contribution >= 4 is 29.5 Å². The molecule has 14 heteroatoms. The van der Waals surface area contributed by atoms with Gasteiger partial charge in [0.15, 0.2) is 28.7 Å². The summed E-state index contributed by atoms with van der Waals surface area (Å²) in [4.78, 5) is 51.5. The van der Waals surface area contributed by atoms with Crippen molar-refractivity contribution in [2.45, 2.75) is 58.7 Å². The van der Waals surface area contributed by atoms with Crippen molar-refractivity contribution < 1.29 is 42.5 Å². The second-order valence-electron chi connectivity index (χ2n) is 11.5. The maximum Gasteiger partial charge on any atom is 0.358 e. The van der Waals surface area contributed by atoms with Gasteiger partial charge in [0.2, 0.25) is 0 Å². The first-order valence-corrected chi connectivity index (χ1v) is 14.2. The molecule has 1 aliphatic rings. The third-order valence-corrected chi connectivity index (χ3v) is 7.07. The minimum Gasteiger partial charge on any atom is -0.477 e. The van der Waals surface area contributed by atoms with Crippen molar-refractivity contribution in [1.82, 2.24) is 19.9 Å². The summed E-state index contributed by atoms with van der Waals surface area (Å²) in [5.74, 6) is -5.28. The zero-order chi connectivity index (χ0) is 33.9. The average Bonchev–Trinajstić information content (AvgIpc) is 3.60. The van der Waals surface area contributed by atoms with Gasteiger partial charge in [-0.05, 0) is 81.0 Å². The molecule has 2 aromatic carbocycles. The lowest BCUT2D eigenvalue weighted by atomic mass is 9.98. The van der Waals surface area contributed by atoms with Crippen LogP contribution in [-0.2, 0) is 22.4 Å². The minimum atomic E-state index is -1.40. The Bertz CT molecular complexity index is 1850. The largest absolute Gasteiger partial charge is 0.477 e. The normalized spacial score (nSPS) is 13.8. The highest BCUT2D eigenvalue weighted by Gasteiger charge is 2.26. The highest BCUT2D eigenvalue weighted by Crippen LogP contribution is 2.33. The zero-order valence-electron chi connectivity index (χ0n) is 25.8. The molecule has 0 radical (unpaired) electrons. The number of nitrogens with two attached hydrogens (primary N) is 1. The molecule has 1 aliphatic carbocycles. The van der Waals surface area contributed by atoms with Crippen LogP contribution in [0.4, 0.5) is 8.78 Å². The van der Waals surface area contributed by atoms with E-state index >= 15 is 0 Å². The molecule has 0 aliphatic heterocycles. The zero-order valence-corrected chi connectivity index (χ0v) is 25.8. The van der Waals surface area contributed by atoms with Crippen LogP contribution in [0, 0.1) is 18.6 Å². The molecule has 46 heavy (non-hydrogen) atoms. The monoisotopic (exact) mass is 637 g/mol. The van der Waals surface area contributed by atoms with Crippen LogP contribution in [0.3, 0.4) is 0 Å². The van der Waals surface area contributed by atoms with Gasteiger partial charge in [0, 0.05) is 24.7 Å². The van der Waals surface area contributed by atoms with Gasteiger partial charge in [0.05, 0.1) is 12.7 Å². The molecular weight excluding hydrogens is 604 g/mol. The smallest absolute Gasteiger partial charge is 0.358 e. The Labute approximate surface area is 262 Å². The first kappa shape index (κ1) is 33.6. The summed E-state index contributed by atoms with van der Waals surface area (Å²) in [5.41, 5.74) is 9.05. The highest BCUT2D eigenvalue weighted by molar-refractivity contribution is 5.96. The van der Waals surface area contributed by atoms with E-state index in [-0.39, 0.29) is 35.6 Å². The molecule has 12 nitrogen and oxygen atoms in total. The van der Waals surface area contributed by atoms with E-state index in [1.165, 1.54) is 23.3 Å². The fourth-order valence-corrected chi connectivity index (χ4v) is 4.84. The maximum atomic E-state index is 13.2. The van der Waals surface area contributed by atoms with Crippen LogP contribution >= 0.6 is 0 Å². The third kappa shape index (κ3) is 7.51. The first-order valence-electron chi connectivity index (χ1n) is 14.2. The Morgan fingerprint density at radius 1 is 1.04 bits per heavy atom. The van der Waals surface area contributed by atoms with Crippen molar-refractivity contribution in [3.63, 3.8) is 0 Å². The molecule has 242 valence electrons. The Morgan fingerprint density at radius 2 is 1.76 bits per heavy atom. The van der Waals surface area contributed by atoms with E-state index in [1.54, 1.807) is 0 Å². The Hall–Kier alpha value is -5.24. The molecular formula is C32H33F2N5O7. The van der Waals surface area contributed by atoms with E-state index in [0.29, 0.717) is 11.1 Å². The van der Waals surface area contributed by atoms with E-state index < -0.39 is 40.8 Å². The van der Waals surface area contributed by atoms with Crippen molar-refractivity contribution in [1.29, 1.82) is 0 Å². The topological polar surface area (TPSA) is 175 Å². The molecule has 0 fully saturated rings. The number of fused-ring (bicyclic) bond motifs is 2. The number of hydrogen-bond acceptors (Lipinski definition) is 9. The van der Waals surface area contributed by atoms with Gasteiger partial charge in [0.25, 0.3) is 5.91 Å². The Kier molecular flexibility index (Phi) is 9.80. The molecule has 1 atom stereocenters. The van der Waals surface area contributed by atoms with Crippen molar-refractivity contribution in [2.75, 3.05) is 7.11 Å². The number of carbonyl (C=O) groups excluding carboxylic acids is 3. The highest BCUT2D eigenvalue weighted by atomic mass is 19.2. The van der Waals surface area contributed by atoms with Crippen LogP contribution < -0.4 is 11.1 Å². The number of hydrogen-bond donors (Lipinski definition) is 3. The number of amides is 1. The number of aromatic carboxylic acids is 1. The number of carboxylic acid groups (broad SMARTS) is 1. The molecule has 0 saturated heterocycles. The lowest BCUT2D eigenvalue weighted by Crippen LogP contribution is -2.25. The van der Waals surface area contributed by atoms with Gasteiger partial charge in [0.1, 0.15) is 11.3 Å². The molecule has 4 N–H and O–H groups in total. The van der Waals surface area contributed by atoms with Gasteiger partial charge in [-0.25, -0.2) is 32.7 Å². The molecule has 5 rings (SSSR count). The summed E-state index contributed by atoms with van der Waals surface area (Å²) >= 11 is 0. The number of benzene rings is 2. The summed E-state index contributed by atoms with van der Waals surface area (Å²) in [6.45, 7) is 7.48. The van der Waals surface area contributed by atoms with Crippen LogP contribution in [-0.4, -0.2) is 56.2 Å². The average molecular weight is 638 g/mol. The Morgan fingerprint density at radius 3 is 2.39 bits per heavy atom. The van der Waals surface area contributed by atoms with Gasteiger partial charge in [-0.3, -0.25) is 4.79 Å². The SMILES string of the molecule is COC(=O)c1cc2nc(C(=O)NCc3ccc(F)c(F)c3)cc(C(=O)O)n2n1.Cc1c(C(=O)OC(C)(C)C)ccc2c1CC[C@@H]2N. The molecule has 2 heterocycles. The summed E-state index contributed by atoms with van der Waals surface area (Å²) in [6.07, 6.45) is 1.92. The maximum absolute atomic E-state index is 13.2. The fraction of sp³-hybridized carbons (Fsp3) is 0.312. The van der Waals surface area contributed by atoms with Gasteiger partial charge < -0.3 is 25.6 Å². The molecule has 4 aromatic rings. The van der Waals surface area contributed by atoms with E-state index in [0.717, 1.165) is 48.2 Å². The fourth-order valence-electron chi connectivity index (χ4n) is 4.84. The number of aromatic nitrogens is 3. The second-order valence-corrected chi connectivity index (χ2v) is 11.5. The van der Waals surface area contributed by atoms with E-state index in [1.807, 2.05) is 39.8 Å². The number of nitrogens with one attached hydrogen (secondary N) is 1. The minimum absolute atomic E-state index is 0.0572. The van der Waals surface area contributed by atoms with Crippen molar-refractivity contribution in [3.8, 4) is 0 Å². The van der Waals surface area contributed by atoms with Gasteiger partial charge >= 0.3 is 17.9 Å². The number of esters is 2. The number of rotatable bonds is 6. The summed E-state index contributed by atoms with van der Waals surface area (Å²) in [7, 11) is 1.13. The molecule has 0 spiro atoms. The number of halogens is 2. The van der Waals surface area contributed by atoms with Gasteiger partial charge in [-0.15, -0.1) is 0 Å². The number of carbonyl (C=O) groups is 4. The number of nitrogens with zero attached hydrogens (tertiary/aromatic N) is 3. The van der Waals surface area contributed by atoms with Gasteiger partial charge in [-0.1, -0.05) is 12.1 Å². The molecule has 0 bridgehead atoms. The molecule has 0 saturated carbocycles. The van der Waals surface area contributed by atoms with E-state index in [9.17, 15) is 33.1 Å². The predicted molar refractivity (Wildman–Crippen MR) is 160 cm³/mol. The van der Waals surface area contributed by atoms with Crippen LogP contribution in [0.5, 0.6) is 0 Å². The molecule has 2 aromatic heterocycles. The summed E-state index contributed by atoms with van der Waals surface area (Å²) < 4.78 is 37.0. The summed E-state index contributed by atoms with van der Waals surface area (Å²) in [5, 5.41) is 15.6. The summed E-state index contributed by atoms with van der Waals surface area (Å²) in [6, 6.07) is 9.21. The van der Waals surface area contributed by atoms with Gasteiger partial charge in [-0.2, -0.15) is 5.10 Å². The second kappa shape index (κ2) is 13.4. The Balaban J connectivity index is 0.000000230. The molecule has 0 unspecified atom stereocenters. The number of ether oxygens (including phenoxy) is 2. The first-order chi connectivity index (χ1) is 21.6. The van der Waals surface area contributed by atoms with Crippen molar-refractivity contribution in [2.24, 2.45) is 5.73 Å². The standard InChI is InChI=1S/C17H12F2N4O5.C15H21NO2/c1-28-17(27)12-6-14-21-11(5-13(16(25)26)23(14)22-12)15(24)20-7-8-2-3-9(18)10(19)4-8;1-9-10-7-8-13(16)12(10)6-5-11(9)14(17)18-15(2,3)4/h2-6H,7H2,1H3,(H,20,24)(H,25,26);5-6,13H,7-8,16H2,1-4H3/t;13-/m.0/s1. The van der Waals surface area contributed by atoms with Crippen LogP contribution in [0.2, 0.25) is 0 Å². The van der Waals surface area contributed by atoms with E-state index in [2.05, 4.69) is 20.1 Å². The third-order valence-electron chi connectivity index (χ3n) is 7.07.